The second-order valence-electron chi connectivity index (χ2n) is 21.1. The smallest absolute Gasteiger partial charge is 0.318 e. The number of likely N-dealkylation sites (tertiary alicyclic amines) is 1. The van der Waals surface area contributed by atoms with Crippen LogP contribution in [0.2, 0.25) is 0 Å². The molecular weight excluding hydrogens is 793 g/mol. The van der Waals surface area contributed by atoms with Crippen molar-refractivity contribution in [2.45, 2.75) is 219 Å². The molecule has 0 aromatic carbocycles. The summed E-state index contributed by atoms with van der Waals surface area (Å²) < 4.78 is 34.8. The van der Waals surface area contributed by atoms with Gasteiger partial charge in [0.25, 0.3) is 0 Å². The van der Waals surface area contributed by atoms with Crippen LogP contribution in [0.1, 0.15) is 153 Å². The molecule has 0 aliphatic carbocycles. The predicted molar refractivity (Wildman–Crippen MR) is 235 cm³/mol. The van der Waals surface area contributed by atoms with Gasteiger partial charge >= 0.3 is 12.0 Å². The molecule has 13 nitrogen and oxygen atoms in total. The molecule has 13 heteroatoms. The van der Waals surface area contributed by atoms with E-state index >= 15 is 0 Å². The van der Waals surface area contributed by atoms with Crippen LogP contribution in [0, 0.1) is 47.3 Å². The maximum atomic E-state index is 14.7. The van der Waals surface area contributed by atoms with Crippen LogP contribution in [-0.4, -0.2) is 117 Å². The van der Waals surface area contributed by atoms with Crippen molar-refractivity contribution in [2.24, 2.45) is 47.3 Å². The summed E-state index contributed by atoms with van der Waals surface area (Å²) >= 11 is 0. The number of carbonyl (C=O) groups excluding carboxylic acids is 2. The van der Waals surface area contributed by atoms with Gasteiger partial charge in [0, 0.05) is 43.2 Å². The number of urea groups is 1. The van der Waals surface area contributed by atoms with E-state index < -0.39 is 76.8 Å². The van der Waals surface area contributed by atoms with Crippen LogP contribution in [0.25, 0.3) is 0 Å². The number of hydrogen-bond donors (Lipinski definition) is 4. The molecule has 0 radical (unpaired) electrons. The normalized spacial score (nSPS) is 42.9. The molecule has 2 spiro atoms. The van der Waals surface area contributed by atoms with Crippen molar-refractivity contribution in [3.05, 3.63) is 12.2 Å². The Balaban J connectivity index is 1.24. The number of carboxylic acid groups (broad SMARTS) is 1. The number of amides is 2. The minimum Gasteiger partial charge on any atom is -0.481 e. The van der Waals surface area contributed by atoms with Crippen molar-refractivity contribution in [2.75, 3.05) is 13.1 Å². The third-order valence-corrected chi connectivity index (χ3v) is 16.8. The SMILES string of the molecule is CC[C@@H](C(=O)[C@@H](C)[C@@H](O)[C@H](C)[C@@H]1O[C@@H]([C@@H](CC)C(=O)O)CC[C@@H]1C)[C@H]1O[C@]2(C=C[C@@H](NC(=O)N3CCC(C)CC3)[C@]3(CC[C@@](C)([C@H]4CC[C@](O)(CC)[C@H](C)O4)O3)O2)[C@H](C)C[C@@H]1C. The molecule has 5 fully saturated rings. The van der Waals surface area contributed by atoms with E-state index in [9.17, 15) is 29.7 Å². The van der Waals surface area contributed by atoms with E-state index in [1.807, 2.05) is 51.7 Å². The molecule has 0 unspecified atom stereocenters. The Morgan fingerprint density at radius 1 is 0.855 bits per heavy atom. The van der Waals surface area contributed by atoms with E-state index in [2.05, 4.69) is 39.9 Å². The van der Waals surface area contributed by atoms with Gasteiger partial charge in [0.2, 0.25) is 0 Å². The molecule has 0 saturated carbocycles. The van der Waals surface area contributed by atoms with Gasteiger partial charge in [0.1, 0.15) is 11.8 Å². The zero-order valence-electron chi connectivity index (χ0n) is 39.8. The average Bonchev–Trinajstić information content (AvgIpc) is 3.58. The minimum atomic E-state index is -1.30. The molecule has 0 aromatic heterocycles. The number of aliphatic hydroxyl groups excluding tert-OH is 1. The lowest BCUT2D eigenvalue weighted by molar-refractivity contribution is -0.398. The highest BCUT2D eigenvalue weighted by molar-refractivity contribution is 5.84. The Labute approximate surface area is 371 Å². The Kier molecular flexibility index (Phi) is 15.4. The summed E-state index contributed by atoms with van der Waals surface area (Å²) in [4.78, 5) is 42.5. The second kappa shape index (κ2) is 19.4. The van der Waals surface area contributed by atoms with Crippen molar-refractivity contribution in [3.63, 3.8) is 0 Å². The molecule has 0 aromatic rings. The fourth-order valence-corrected chi connectivity index (χ4v) is 12.1. The zero-order valence-corrected chi connectivity index (χ0v) is 39.8. The van der Waals surface area contributed by atoms with Gasteiger partial charge in [0.15, 0.2) is 11.6 Å². The number of aliphatic hydroxyl groups is 2. The van der Waals surface area contributed by atoms with Crippen molar-refractivity contribution in [1.29, 1.82) is 0 Å². The van der Waals surface area contributed by atoms with Crippen LogP contribution in [0.5, 0.6) is 0 Å². The fourth-order valence-electron chi connectivity index (χ4n) is 12.1. The molecule has 6 aliphatic rings. The van der Waals surface area contributed by atoms with Gasteiger partial charge < -0.3 is 49.2 Å². The quantitative estimate of drug-likeness (QED) is 0.134. The van der Waals surface area contributed by atoms with E-state index in [0.29, 0.717) is 76.8 Å². The van der Waals surface area contributed by atoms with Gasteiger partial charge in [-0.2, -0.15) is 0 Å². The number of hydrogen-bond acceptors (Lipinski definition) is 10. The Morgan fingerprint density at radius 3 is 2.15 bits per heavy atom. The van der Waals surface area contributed by atoms with Gasteiger partial charge in [-0.1, -0.05) is 68.4 Å². The first-order valence-electron chi connectivity index (χ1n) is 24.5. The van der Waals surface area contributed by atoms with Crippen molar-refractivity contribution < 1.29 is 53.4 Å². The molecule has 6 aliphatic heterocycles. The number of nitrogens with one attached hydrogen (secondary N) is 1. The van der Waals surface area contributed by atoms with Crippen LogP contribution in [0.3, 0.4) is 0 Å². The highest BCUT2D eigenvalue weighted by Crippen LogP contribution is 2.54. The van der Waals surface area contributed by atoms with E-state index in [4.69, 9.17) is 23.7 Å². The molecule has 0 bridgehead atoms. The first-order chi connectivity index (χ1) is 29.2. The highest BCUT2D eigenvalue weighted by atomic mass is 16.8. The second-order valence-corrected chi connectivity index (χ2v) is 21.1. The monoisotopic (exact) mass is 875 g/mol. The lowest BCUT2D eigenvalue weighted by Crippen LogP contribution is -2.66. The lowest BCUT2D eigenvalue weighted by atomic mass is 9.72. The average molecular weight is 875 g/mol. The van der Waals surface area contributed by atoms with Gasteiger partial charge in [-0.15, -0.1) is 0 Å². The van der Waals surface area contributed by atoms with Gasteiger partial charge in [0.05, 0.1) is 53.7 Å². The number of nitrogens with zero attached hydrogens (tertiary/aromatic N) is 1. The highest BCUT2D eigenvalue weighted by Gasteiger charge is 2.63. The topological polar surface area (TPSA) is 173 Å². The van der Waals surface area contributed by atoms with Gasteiger partial charge in [-0.3, -0.25) is 9.59 Å². The number of ketones is 1. The summed E-state index contributed by atoms with van der Waals surface area (Å²) in [5.41, 5.74) is -1.68. The van der Waals surface area contributed by atoms with Crippen molar-refractivity contribution >= 4 is 17.8 Å². The molecule has 18 atom stereocenters. The summed E-state index contributed by atoms with van der Waals surface area (Å²) in [5.74, 6) is -5.29. The molecule has 62 heavy (non-hydrogen) atoms. The van der Waals surface area contributed by atoms with E-state index in [1.54, 1.807) is 6.92 Å². The van der Waals surface area contributed by atoms with Gasteiger partial charge in [-0.25, -0.2) is 4.79 Å². The maximum absolute atomic E-state index is 14.7. The third kappa shape index (κ3) is 9.57. The predicted octanol–water partition coefficient (Wildman–Crippen LogP) is 7.64. The summed E-state index contributed by atoms with van der Waals surface area (Å²) in [6.45, 7) is 23.4. The molecule has 6 rings (SSSR count). The summed E-state index contributed by atoms with van der Waals surface area (Å²) in [7, 11) is 0. The fraction of sp³-hybridized carbons (Fsp3) is 0.898. The third-order valence-electron chi connectivity index (χ3n) is 16.8. The van der Waals surface area contributed by atoms with Crippen molar-refractivity contribution in [3.8, 4) is 0 Å². The molecule has 354 valence electrons. The molecule has 4 N–H and O–H groups in total. The molecule has 6 heterocycles. The van der Waals surface area contributed by atoms with Crippen LogP contribution in [0.4, 0.5) is 4.79 Å². The Morgan fingerprint density at radius 2 is 1.53 bits per heavy atom. The lowest BCUT2D eigenvalue weighted by Gasteiger charge is -2.55. The van der Waals surface area contributed by atoms with Crippen LogP contribution < -0.4 is 5.32 Å². The number of ether oxygens (including phenoxy) is 5. The zero-order chi connectivity index (χ0) is 45.5. The van der Waals surface area contributed by atoms with Crippen molar-refractivity contribution in [1.82, 2.24) is 10.2 Å². The number of rotatable bonds is 13. The molecular formula is C49H82N2O11. The Hall–Kier alpha value is -2.13. The summed E-state index contributed by atoms with van der Waals surface area (Å²) in [6.07, 6.45) is 8.74. The number of carboxylic acids is 1. The molecule has 2 amide bonds. The largest absolute Gasteiger partial charge is 0.481 e. The minimum absolute atomic E-state index is 0.00758. The van der Waals surface area contributed by atoms with E-state index in [0.717, 1.165) is 19.3 Å². The summed E-state index contributed by atoms with van der Waals surface area (Å²) in [5, 5.41) is 36.3. The first-order valence-corrected chi connectivity index (χ1v) is 24.5. The first kappa shape index (κ1) is 49.3. The van der Waals surface area contributed by atoms with E-state index in [-0.39, 0.29) is 47.9 Å². The number of Topliss-reactive ketones (excluding diaryl/α,β-unsaturated/α-hetero) is 1. The van der Waals surface area contributed by atoms with Gasteiger partial charge in [-0.05, 0) is 108 Å². The van der Waals surface area contributed by atoms with Crippen LogP contribution >= 0.6 is 0 Å². The number of carbonyl (C=O) groups is 3. The summed E-state index contributed by atoms with van der Waals surface area (Å²) in [6, 6.07) is -0.785. The standard InChI is InChI=1S/C49H82N2O11/c1-12-35(44(54)55)37-16-15-29(5)42(59-37)33(9)40(52)32(8)41(53)36(13-2)43-30(6)27-31(7)48(60-43)22-17-38(50-45(56)51-25-19-28(4)20-26-51)49(62-48)24-23-46(11,61-49)39-18-21-47(57,14-3)34(10)58-39/h17,22,28-40,42-43,52,57H,12-16,18-21,23-27H2,1-11H3,(H,50,56)(H,54,55)/t29-,30-,31+,32-,33-,34-,35+,36-,37+,38+,39+,40+,42+,43-,46-,47+,48-,49-/m0/s1. The molecule has 5 saturated heterocycles. The van der Waals surface area contributed by atoms with E-state index in [1.165, 1.54) is 0 Å². The number of aliphatic carboxylic acids is 1. The Bertz CT molecular complexity index is 1600. The van der Waals surface area contributed by atoms with Crippen LogP contribution in [0.15, 0.2) is 12.2 Å². The number of piperidine rings is 1. The maximum Gasteiger partial charge on any atom is 0.318 e. The van der Waals surface area contributed by atoms with Crippen LogP contribution in [-0.2, 0) is 33.3 Å².